The first-order valence-electron chi connectivity index (χ1n) is 9.94. The number of carbonyl (C=O) groups is 2. The van der Waals surface area contributed by atoms with Crippen molar-refractivity contribution >= 4 is 23.6 Å². The number of ether oxygens (including phenoxy) is 1. The fourth-order valence-corrected chi connectivity index (χ4v) is 3.77. The lowest BCUT2D eigenvalue weighted by molar-refractivity contribution is -0.135. The van der Waals surface area contributed by atoms with Gasteiger partial charge in [0.1, 0.15) is 17.1 Å². The molecule has 0 spiro atoms. The first-order valence-corrected chi connectivity index (χ1v) is 11.2. The Kier molecular flexibility index (Phi) is 7.31. The number of pyridine rings is 1. The number of nitrogens with zero attached hydrogens (tertiary/aromatic N) is 2. The van der Waals surface area contributed by atoms with Crippen LogP contribution in [0, 0.1) is 11.7 Å². The molecule has 3 rings (SSSR count). The lowest BCUT2D eigenvalue weighted by Crippen LogP contribution is -2.47. The summed E-state index contributed by atoms with van der Waals surface area (Å²) in [6.07, 6.45) is 4.28. The van der Waals surface area contributed by atoms with Gasteiger partial charge in [0.15, 0.2) is 0 Å². The van der Waals surface area contributed by atoms with Crippen LogP contribution in [0.25, 0.3) is 0 Å². The minimum Gasteiger partial charge on any atom is -0.438 e. The van der Waals surface area contributed by atoms with Crippen LogP contribution in [0.1, 0.15) is 37.0 Å². The van der Waals surface area contributed by atoms with Crippen molar-refractivity contribution in [3.63, 3.8) is 0 Å². The molecule has 0 saturated carbocycles. The van der Waals surface area contributed by atoms with E-state index in [9.17, 15) is 14.0 Å². The smallest absolute Gasteiger partial charge is 0.257 e. The standard InChI is InChI=1S/C22H26FN3O3S/c1-14(2)22(28)26-9-7-16(8-10-26)25-20(27)19-11-15(23)13-24-21(19)29-17-5-4-6-18(12-17)30-3/h4-6,11-14,16H,7-10H2,1-3H3,(H,25,27). The van der Waals surface area contributed by atoms with Gasteiger partial charge in [0, 0.05) is 29.9 Å². The van der Waals surface area contributed by atoms with Gasteiger partial charge in [0.2, 0.25) is 11.8 Å². The van der Waals surface area contributed by atoms with E-state index in [-0.39, 0.29) is 29.3 Å². The van der Waals surface area contributed by atoms with Gasteiger partial charge < -0.3 is 15.0 Å². The van der Waals surface area contributed by atoms with Crippen molar-refractivity contribution in [1.82, 2.24) is 15.2 Å². The second-order valence-electron chi connectivity index (χ2n) is 7.52. The Labute approximate surface area is 180 Å². The number of hydrogen-bond acceptors (Lipinski definition) is 5. The van der Waals surface area contributed by atoms with Gasteiger partial charge in [0.05, 0.1) is 6.20 Å². The van der Waals surface area contributed by atoms with Crippen LogP contribution in [0.2, 0.25) is 0 Å². The van der Waals surface area contributed by atoms with Crippen LogP contribution in [-0.2, 0) is 4.79 Å². The molecule has 0 atom stereocenters. The first kappa shape index (κ1) is 22.1. The summed E-state index contributed by atoms with van der Waals surface area (Å²) in [4.78, 5) is 31.8. The molecule has 6 nitrogen and oxygen atoms in total. The first-order chi connectivity index (χ1) is 14.4. The third-order valence-electron chi connectivity index (χ3n) is 4.95. The van der Waals surface area contributed by atoms with Gasteiger partial charge in [-0.25, -0.2) is 9.37 Å². The predicted octanol–water partition coefficient (Wildman–Crippen LogP) is 4.11. The van der Waals surface area contributed by atoms with Gasteiger partial charge in [-0.2, -0.15) is 0 Å². The minimum atomic E-state index is -0.609. The highest BCUT2D eigenvalue weighted by atomic mass is 32.2. The van der Waals surface area contributed by atoms with Crippen LogP contribution in [-0.4, -0.2) is 47.1 Å². The fourth-order valence-electron chi connectivity index (χ4n) is 3.32. The largest absolute Gasteiger partial charge is 0.438 e. The molecule has 1 aromatic carbocycles. The number of carbonyl (C=O) groups excluding carboxylic acids is 2. The average Bonchev–Trinajstić information content (AvgIpc) is 2.75. The highest BCUT2D eigenvalue weighted by Crippen LogP contribution is 2.27. The molecule has 2 aromatic rings. The third-order valence-corrected chi connectivity index (χ3v) is 5.68. The lowest BCUT2D eigenvalue weighted by Gasteiger charge is -2.33. The van der Waals surface area contributed by atoms with E-state index in [4.69, 9.17) is 4.74 Å². The van der Waals surface area contributed by atoms with Gasteiger partial charge in [-0.3, -0.25) is 9.59 Å². The number of likely N-dealkylation sites (tertiary alicyclic amines) is 1. The molecule has 0 bridgehead atoms. The van der Waals surface area contributed by atoms with Crippen molar-refractivity contribution < 1.29 is 18.7 Å². The van der Waals surface area contributed by atoms with E-state index in [0.29, 0.717) is 31.7 Å². The Balaban J connectivity index is 1.69. The number of amides is 2. The van der Waals surface area contributed by atoms with E-state index in [2.05, 4.69) is 10.3 Å². The van der Waals surface area contributed by atoms with Crippen molar-refractivity contribution in [3.8, 4) is 11.6 Å². The quantitative estimate of drug-likeness (QED) is 0.697. The van der Waals surface area contributed by atoms with E-state index in [0.717, 1.165) is 17.2 Å². The summed E-state index contributed by atoms with van der Waals surface area (Å²) in [5.41, 5.74) is 0.0465. The Bertz CT molecular complexity index is 914. The maximum atomic E-state index is 13.8. The molecular formula is C22H26FN3O3S. The van der Waals surface area contributed by atoms with Crippen LogP contribution >= 0.6 is 11.8 Å². The molecule has 8 heteroatoms. The van der Waals surface area contributed by atoms with Crippen molar-refractivity contribution in [3.05, 3.63) is 47.9 Å². The summed E-state index contributed by atoms with van der Waals surface area (Å²) >= 11 is 1.57. The number of aromatic nitrogens is 1. The molecule has 2 amide bonds. The van der Waals surface area contributed by atoms with Crippen molar-refractivity contribution in [2.24, 2.45) is 5.92 Å². The van der Waals surface area contributed by atoms with Gasteiger partial charge in [-0.1, -0.05) is 19.9 Å². The zero-order valence-corrected chi connectivity index (χ0v) is 18.2. The number of benzene rings is 1. The van der Waals surface area contributed by atoms with E-state index in [1.807, 2.05) is 43.2 Å². The molecular weight excluding hydrogens is 405 g/mol. The molecule has 1 N–H and O–H groups in total. The van der Waals surface area contributed by atoms with Crippen molar-refractivity contribution in [2.75, 3.05) is 19.3 Å². The summed E-state index contributed by atoms with van der Waals surface area (Å²) in [5, 5.41) is 2.93. The highest BCUT2D eigenvalue weighted by molar-refractivity contribution is 7.98. The number of piperidine rings is 1. The van der Waals surface area contributed by atoms with Crippen LogP contribution < -0.4 is 10.1 Å². The van der Waals surface area contributed by atoms with Gasteiger partial charge >= 0.3 is 0 Å². The maximum Gasteiger partial charge on any atom is 0.257 e. The zero-order chi connectivity index (χ0) is 21.7. The van der Waals surface area contributed by atoms with Gasteiger partial charge in [-0.15, -0.1) is 11.8 Å². The molecule has 2 heterocycles. The number of thioether (sulfide) groups is 1. The highest BCUT2D eigenvalue weighted by Gasteiger charge is 2.26. The lowest BCUT2D eigenvalue weighted by atomic mass is 10.0. The molecule has 1 fully saturated rings. The summed E-state index contributed by atoms with van der Waals surface area (Å²) in [5.74, 6) is -0.388. The van der Waals surface area contributed by atoms with Crippen LogP contribution in [0.4, 0.5) is 4.39 Å². The summed E-state index contributed by atoms with van der Waals surface area (Å²) in [6, 6.07) is 8.42. The molecule has 1 aliphatic rings. The molecule has 1 saturated heterocycles. The molecule has 1 aliphatic heterocycles. The third kappa shape index (κ3) is 5.50. The van der Waals surface area contributed by atoms with E-state index in [1.165, 1.54) is 0 Å². The van der Waals surface area contributed by atoms with Crippen LogP contribution in [0.5, 0.6) is 11.6 Å². The van der Waals surface area contributed by atoms with Crippen LogP contribution in [0.15, 0.2) is 41.4 Å². The number of hydrogen-bond donors (Lipinski definition) is 1. The SMILES string of the molecule is CSc1cccc(Oc2ncc(F)cc2C(=O)NC2CCN(C(=O)C(C)C)CC2)c1. The molecule has 0 aliphatic carbocycles. The number of nitrogens with one attached hydrogen (secondary N) is 1. The molecule has 160 valence electrons. The van der Waals surface area contributed by atoms with Crippen molar-refractivity contribution in [1.29, 1.82) is 0 Å². The average molecular weight is 432 g/mol. The summed E-state index contributed by atoms with van der Waals surface area (Å²) in [6.45, 7) is 4.94. The summed E-state index contributed by atoms with van der Waals surface area (Å²) < 4.78 is 19.6. The normalized spacial score (nSPS) is 14.6. The minimum absolute atomic E-state index is 0.0428. The zero-order valence-electron chi connectivity index (χ0n) is 17.4. The van der Waals surface area contributed by atoms with Crippen molar-refractivity contribution in [2.45, 2.75) is 37.6 Å². The Morgan fingerprint density at radius 1 is 1.27 bits per heavy atom. The molecule has 0 radical (unpaired) electrons. The van der Waals surface area contributed by atoms with E-state index >= 15 is 0 Å². The van der Waals surface area contributed by atoms with Gasteiger partial charge in [0.25, 0.3) is 5.91 Å². The summed E-state index contributed by atoms with van der Waals surface area (Å²) in [7, 11) is 0. The molecule has 1 aromatic heterocycles. The Morgan fingerprint density at radius 2 is 2.00 bits per heavy atom. The Hall–Kier alpha value is -2.61. The second-order valence-corrected chi connectivity index (χ2v) is 8.39. The van der Waals surface area contributed by atoms with Crippen LogP contribution in [0.3, 0.4) is 0 Å². The predicted molar refractivity (Wildman–Crippen MR) is 114 cm³/mol. The fraction of sp³-hybridized carbons (Fsp3) is 0.409. The topological polar surface area (TPSA) is 71.5 Å². The number of halogens is 1. The monoisotopic (exact) mass is 431 g/mol. The Morgan fingerprint density at radius 3 is 2.67 bits per heavy atom. The number of rotatable bonds is 6. The van der Waals surface area contributed by atoms with Gasteiger partial charge in [-0.05, 0) is 43.4 Å². The molecule has 30 heavy (non-hydrogen) atoms. The maximum absolute atomic E-state index is 13.8. The van der Waals surface area contributed by atoms with E-state index < -0.39 is 11.7 Å². The second kappa shape index (κ2) is 9.93. The van der Waals surface area contributed by atoms with E-state index in [1.54, 1.807) is 17.8 Å². The molecule has 0 unspecified atom stereocenters.